The predicted molar refractivity (Wildman–Crippen MR) is 91.2 cm³/mol. The van der Waals surface area contributed by atoms with Crippen LogP contribution in [0, 0.1) is 6.92 Å². The number of aromatic nitrogens is 2. The lowest BCUT2D eigenvalue weighted by Crippen LogP contribution is -2.48. The number of halogens is 2. The maximum atomic E-state index is 12.3. The Bertz CT molecular complexity index is 650. The number of hydrogen-bond acceptors (Lipinski definition) is 3. The highest BCUT2D eigenvalue weighted by atomic mass is 35.5. The molecule has 1 aromatic carbocycles. The van der Waals surface area contributed by atoms with Crippen LogP contribution in [0.2, 0.25) is 5.02 Å². The standard InChI is InChI=1S/C15H19ClN4O.ClH/c1-10-13(14(21)18-15(2,3)9-17)8-20(19-10)12-6-4-11(16)5-7-12;/h4-8H,9,17H2,1-3H3,(H,18,21);1H. The van der Waals surface area contributed by atoms with Crippen LogP contribution in [0.25, 0.3) is 5.69 Å². The van der Waals surface area contributed by atoms with Crippen LogP contribution in [0.15, 0.2) is 30.5 Å². The number of nitrogens with zero attached hydrogens (tertiary/aromatic N) is 2. The van der Waals surface area contributed by atoms with Gasteiger partial charge in [0.25, 0.3) is 5.91 Å². The van der Waals surface area contributed by atoms with Crippen LogP contribution in [0.5, 0.6) is 0 Å². The Kier molecular flexibility index (Phi) is 6.00. The molecule has 0 bridgehead atoms. The first kappa shape index (κ1) is 18.5. The van der Waals surface area contributed by atoms with Gasteiger partial charge in [0.05, 0.1) is 16.9 Å². The number of nitrogens with one attached hydrogen (secondary N) is 1. The number of nitrogens with two attached hydrogens (primary N) is 1. The number of benzene rings is 1. The number of aryl methyl sites for hydroxylation is 1. The molecule has 0 aliphatic heterocycles. The molecule has 1 aromatic heterocycles. The van der Waals surface area contributed by atoms with Gasteiger partial charge in [0, 0.05) is 23.3 Å². The molecule has 2 rings (SSSR count). The number of carbonyl (C=O) groups is 1. The molecule has 7 heteroatoms. The van der Waals surface area contributed by atoms with Gasteiger partial charge < -0.3 is 11.1 Å². The summed E-state index contributed by atoms with van der Waals surface area (Å²) >= 11 is 5.87. The van der Waals surface area contributed by atoms with Gasteiger partial charge >= 0.3 is 0 Å². The van der Waals surface area contributed by atoms with E-state index in [1.165, 1.54) is 0 Å². The van der Waals surface area contributed by atoms with Crippen molar-refractivity contribution in [2.45, 2.75) is 26.3 Å². The van der Waals surface area contributed by atoms with Crippen molar-refractivity contribution in [3.05, 3.63) is 46.7 Å². The Morgan fingerprint density at radius 1 is 1.36 bits per heavy atom. The van der Waals surface area contributed by atoms with E-state index in [4.69, 9.17) is 17.3 Å². The number of amides is 1. The van der Waals surface area contributed by atoms with Crippen LogP contribution in [0.3, 0.4) is 0 Å². The highest BCUT2D eigenvalue weighted by Crippen LogP contribution is 2.16. The largest absolute Gasteiger partial charge is 0.346 e. The molecule has 0 saturated carbocycles. The summed E-state index contributed by atoms with van der Waals surface area (Å²) in [7, 11) is 0. The van der Waals surface area contributed by atoms with E-state index in [0.29, 0.717) is 22.8 Å². The summed E-state index contributed by atoms with van der Waals surface area (Å²) in [5.74, 6) is -0.178. The summed E-state index contributed by atoms with van der Waals surface area (Å²) in [4.78, 5) is 12.3. The van der Waals surface area contributed by atoms with Gasteiger partial charge in [-0.15, -0.1) is 12.4 Å². The van der Waals surface area contributed by atoms with Crippen molar-refractivity contribution in [1.82, 2.24) is 15.1 Å². The molecule has 22 heavy (non-hydrogen) atoms. The second kappa shape index (κ2) is 7.13. The van der Waals surface area contributed by atoms with E-state index in [1.807, 2.05) is 26.0 Å². The first-order valence-corrected chi connectivity index (χ1v) is 7.05. The highest BCUT2D eigenvalue weighted by molar-refractivity contribution is 6.30. The average molecular weight is 343 g/mol. The fourth-order valence-electron chi connectivity index (χ4n) is 1.83. The Morgan fingerprint density at radius 3 is 2.50 bits per heavy atom. The van der Waals surface area contributed by atoms with E-state index < -0.39 is 5.54 Å². The monoisotopic (exact) mass is 342 g/mol. The average Bonchev–Trinajstić information content (AvgIpc) is 2.81. The molecule has 0 aliphatic carbocycles. The summed E-state index contributed by atoms with van der Waals surface area (Å²) in [5.41, 5.74) is 7.22. The summed E-state index contributed by atoms with van der Waals surface area (Å²) in [5, 5.41) is 7.93. The summed E-state index contributed by atoms with van der Waals surface area (Å²) in [6.45, 7) is 5.92. The van der Waals surface area contributed by atoms with Crippen LogP contribution in [-0.4, -0.2) is 27.8 Å². The van der Waals surface area contributed by atoms with Crippen LogP contribution in [0.1, 0.15) is 29.9 Å². The van der Waals surface area contributed by atoms with Gasteiger partial charge in [-0.1, -0.05) is 11.6 Å². The van der Waals surface area contributed by atoms with E-state index in [2.05, 4.69) is 10.4 Å². The summed E-state index contributed by atoms with van der Waals surface area (Å²) < 4.78 is 1.66. The number of hydrogen-bond donors (Lipinski definition) is 2. The maximum Gasteiger partial charge on any atom is 0.255 e. The lowest BCUT2D eigenvalue weighted by Gasteiger charge is -2.23. The molecule has 0 fully saturated rings. The lowest BCUT2D eigenvalue weighted by atomic mass is 10.1. The van der Waals surface area contributed by atoms with Crippen molar-refractivity contribution in [1.29, 1.82) is 0 Å². The number of carbonyl (C=O) groups excluding carboxylic acids is 1. The van der Waals surface area contributed by atoms with Crippen molar-refractivity contribution in [3.63, 3.8) is 0 Å². The van der Waals surface area contributed by atoms with E-state index in [-0.39, 0.29) is 18.3 Å². The van der Waals surface area contributed by atoms with E-state index >= 15 is 0 Å². The molecule has 120 valence electrons. The van der Waals surface area contributed by atoms with Gasteiger partial charge in [-0.2, -0.15) is 5.10 Å². The number of rotatable bonds is 4. The van der Waals surface area contributed by atoms with Crippen LogP contribution >= 0.6 is 24.0 Å². The first-order chi connectivity index (χ1) is 9.82. The molecule has 0 radical (unpaired) electrons. The molecular formula is C15H20Cl2N4O. The lowest BCUT2D eigenvalue weighted by molar-refractivity contribution is 0.0915. The minimum Gasteiger partial charge on any atom is -0.346 e. The molecule has 1 heterocycles. The Morgan fingerprint density at radius 2 is 1.95 bits per heavy atom. The minimum absolute atomic E-state index is 0. The topological polar surface area (TPSA) is 72.9 Å². The van der Waals surface area contributed by atoms with Crippen molar-refractivity contribution in [2.24, 2.45) is 5.73 Å². The summed E-state index contributed by atoms with van der Waals surface area (Å²) in [6, 6.07) is 7.26. The highest BCUT2D eigenvalue weighted by Gasteiger charge is 2.22. The van der Waals surface area contributed by atoms with Crippen LogP contribution in [0.4, 0.5) is 0 Å². The Labute approximate surface area is 141 Å². The quantitative estimate of drug-likeness (QED) is 0.897. The predicted octanol–water partition coefficient (Wildman–Crippen LogP) is 2.72. The van der Waals surface area contributed by atoms with Gasteiger partial charge in [0.1, 0.15) is 0 Å². The van der Waals surface area contributed by atoms with Crippen molar-refractivity contribution < 1.29 is 4.79 Å². The smallest absolute Gasteiger partial charge is 0.255 e. The van der Waals surface area contributed by atoms with Crippen LogP contribution < -0.4 is 11.1 Å². The molecule has 5 nitrogen and oxygen atoms in total. The fourth-order valence-corrected chi connectivity index (χ4v) is 1.96. The van der Waals surface area contributed by atoms with Gasteiger partial charge in [-0.05, 0) is 45.0 Å². The molecule has 0 atom stereocenters. The summed E-state index contributed by atoms with van der Waals surface area (Å²) in [6.07, 6.45) is 1.71. The second-order valence-corrected chi connectivity index (χ2v) is 6.03. The van der Waals surface area contributed by atoms with E-state index in [9.17, 15) is 4.79 Å². The Balaban J connectivity index is 0.00000242. The third-order valence-corrected chi connectivity index (χ3v) is 3.45. The zero-order valence-electron chi connectivity index (χ0n) is 12.8. The van der Waals surface area contributed by atoms with E-state index in [1.54, 1.807) is 29.9 Å². The van der Waals surface area contributed by atoms with Gasteiger partial charge in [-0.3, -0.25) is 4.79 Å². The van der Waals surface area contributed by atoms with Gasteiger partial charge in [0.2, 0.25) is 0 Å². The molecule has 3 N–H and O–H groups in total. The molecular weight excluding hydrogens is 323 g/mol. The van der Waals surface area contributed by atoms with Crippen LogP contribution in [-0.2, 0) is 0 Å². The van der Waals surface area contributed by atoms with Crippen molar-refractivity contribution >= 4 is 29.9 Å². The normalized spacial score (nSPS) is 11.0. The van der Waals surface area contributed by atoms with Gasteiger partial charge in [-0.25, -0.2) is 4.68 Å². The minimum atomic E-state index is -0.452. The molecule has 0 aliphatic rings. The SMILES string of the molecule is Cc1nn(-c2ccc(Cl)cc2)cc1C(=O)NC(C)(C)CN.Cl. The zero-order chi connectivity index (χ0) is 15.6. The fraction of sp³-hybridized carbons (Fsp3) is 0.333. The zero-order valence-corrected chi connectivity index (χ0v) is 14.3. The first-order valence-electron chi connectivity index (χ1n) is 6.67. The second-order valence-electron chi connectivity index (χ2n) is 5.59. The maximum absolute atomic E-state index is 12.3. The van der Waals surface area contributed by atoms with E-state index in [0.717, 1.165) is 5.69 Å². The molecule has 0 unspecified atom stereocenters. The third-order valence-electron chi connectivity index (χ3n) is 3.20. The molecule has 2 aromatic rings. The van der Waals surface area contributed by atoms with Gasteiger partial charge in [0.15, 0.2) is 0 Å². The van der Waals surface area contributed by atoms with Crippen molar-refractivity contribution in [2.75, 3.05) is 6.54 Å². The molecule has 0 spiro atoms. The Hall–Kier alpha value is -1.56. The third kappa shape index (κ3) is 4.22. The molecule has 1 amide bonds. The van der Waals surface area contributed by atoms with Crippen molar-refractivity contribution in [3.8, 4) is 5.69 Å². The molecule has 0 saturated heterocycles.